The maximum atomic E-state index is 12.6. The summed E-state index contributed by atoms with van der Waals surface area (Å²) in [6.45, 7) is 3.92. The van der Waals surface area contributed by atoms with Crippen LogP contribution in [0.15, 0.2) is 54.9 Å². The van der Waals surface area contributed by atoms with Gasteiger partial charge in [-0.1, -0.05) is 35.9 Å². The quantitative estimate of drug-likeness (QED) is 0.700. The molecular weight excluding hydrogens is 362 g/mol. The van der Waals surface area contributed by atoms with Gasteiger partial charge in [0.1, 0.15) is 17.6 Å². The predicted molar refractivity (Wildman–Crippen MR) is 106 cm³/mol. The molecule has 140 valence electrons. The molecule has 2 aromatic carbocycles. The van der Waals surface area contributed by atoms with Gasteiger partial charge in [-0.25, -0.2) is 4.98 Å². The topological polar surface area (TPSA) is 56.1 Å². The molecule has 1 unspecified atom stereocenters. The van der Waals surface area contributed by atoms with E-state index < -0.39 is 6.04 Å². The molecule has 1 N–H and O–H groups in total. The molecule has 6 heteroatoms. The Morgan fingerprint density at radius 3 is 2.63 bits per heavy atom. The third-order valence-corrected chi connectivity index (χ3v) is 4.79. The summed E-state index contributed by atoms with van der Waals surface area (Å²) in [6, 6.07) is 12.8. The Kier molecular flexibility index (Phi) is 5.81. The van der Waals surface area contributed by atoms with Crippen molar-refractivity contribution in [2.45, 2.75) is 19.9 Å². The van der Waals surface area contributed by atoms with Crippen molar-refractivity contribution in [3.05, 3.63) is 82.4 Å². The van der Waals surface area contributed by atoms with Gasteiger partial charge in [-0.15, -0.1) is 0 Å². The van der Waals surface area contributed by atoms with Gasteiger partial charge in [-0.3, -0.25) is 4.79 Å². The van der Waals surface area contributed by atoms with E-state index in [0.717, 1.165) is 22.5 Å². The monoisotopic (exact) mass is 383 g/mol. The number of nitrogens with one attached hydrogen (secondary N) is 1. The molecule has 0 aliphatic carbocycles. The highest BCUT2D eigenvalue weighted by atomic mass is 35.5. The molecule has 5 nitrogen and oxygen atoms in total. The first-order chi connectivity index (χ1) is 13.0. The average molecular weight is 384 g/mol. The highest BCUT2D eigenvalue weighted by Crippen LogP contribution is 2.23. The zero-order valence-electron chi connectivity index (χ0n) is 15.6. The second kappa shape index (κ2) is 8.27. The smallest absolute Gasteiger partial charge is 0.258 e. The summed E-state index contributed by atoms with van der Waals surface area (Å²) >= 11 is 6.00. The van der Waals surface area contributed by atoms with Crippen LogP contribution < -0.4 is 10.1 Å². The lowest BCUT2D eigenvalue weighted by molar-refractivity contribution is -0.123. The van der Waals surface area contributed by atoms with Gasteiger partial charge in [0.05, 0.1) is 0 Å². The molecule has 1 heterocycles. The summed E-state index contributed by atoms with van der Waals surface area (Å²) < 4.78 is 7.60. The number of carbonyl (C=O) groups is 1. The van der Waals surface area contributed by atoms with Gasteiger partial charge in [-0.05, 0) is 48.7 Å². The molecule has 0 spiro atoms. The van der Waals surface area contributed by atoms with Crippen LogP contribution in [0.25, 0.3) is 0 Å². The molecule has 0 bridgehead atoms. The third-order valence-electron chi connectivity index (χ3n) is 4.54. The van der Waals surface area contributed by atoms with Crippen LogP contribution >= 0.6 is 11.6 Å². The van der Waals surface area contributed by atoms with E-state index in [2.05, 4.69) is 10.3 Å². The number of halogens is 1. The Morgan fingerprint density at radius 1 is 1.22 bits per heavy atom. The number of aryl methyl sites for hydroxylation is 2. The van der Waals surface area contributed by atoms with Crippen molar-refractivity contribution in [2.24, 2.45) is 7.05 Å². The van der Waals surface area contributed by atoms with E-state index in [4.69, 9.17) is 16.3 Å². The van der Waals surface area contributed by atoms with Crippen LogP contribution in [0.5, 0.6) is 5.75 Å². The molecule has 3 aromatic rings. The zero-order chi connectivity index (χ0) is 19.4. The fourth-order valence-electron chi connectivity index (χ4n) is 2.83. The van der Waals surface area contributed by atoms with E-state index in [0.29, 0.717) is 10.8 Å². The molecule has 0 fully saturated rings. The molecule has 27 heavy (non-hydrogen) atoms. The van der Waals surface area contributed by atoms with Gasteiger partial charge in [0.15, 0.2) is 6.61 Å². The molecular formula is C21H22ClN3O2. The minimum absolute atomic E-state index is 0.0706. The summed E-state index contributed by atoms with van der Waals surface area (Å²) in [5.74, 6) is 1.22. The third kappa shape index (κ3) is 4.49. The molecule has 0 saturated carbocycles. The summed E-state index contributed by atoms with van der Waals surface area (Å²) in [4.78, 5) is 17.0. The lowest BCUT2D eigenvalue weighted by Gasteiger charge is -2.20. The summed E-state index contributed by atoms with van der Waals surface area (Å²) in [7, 11) is 1.89. The lowest BCUT2D eigenvalue weighted by atomic mass is 10.1. The van der Waals surface area contributed by atoms with Gasteiger partial charge < -0.3 is 14.6 Å². The van der Waals surface area contributed by atoms with E-state index >= 15 is 0 Å². The molecule has 0 aliphatic rings. The molecule has 1 amide bonds. The standard InChI is InChI=1S/C21H22ClN3O2/c1-14-5-4-6-18(15(14)2)27-13-19(26)24-20(21-23-11-12-25(21)3)16-7-9-17(22)10-8-16/h4-12,20H,13H2,1-3H3,(H,24,26). The SMILES string of the molecule is Cc1cccc(OCC(=O)NC(c2ccc(Cl)cc2)c2nccn2C)c1C. The average Bonchev–Trinajstić information content (AvgIpc) is 3.07. The molecule has 0 aliphatic heterocycles. The Balaban J connectivity index is 1.76. The van der Waals surface area contributed by atoms with E-state index in [1.54, 1.807) is 18.3 Å². The van der Waals surface area contributed by atoms with Crippen LogP contribution in [0.3, 0.4) is 0 Å². The Hall–Kier alpha value is -2.79. The number of benzene rings is 2. The number of imidazole rings is 1. The number of ether oxygens (including phenoxy) is 1. The lowest BCUT2D eigenvalue weighted by Crippen LogP contribution is -2.34. The number of hydrogen-bond acceptors (Lipinski definition) is 3. The highest BCUT2D eigenvalue weighted by molar-refractivity contribution is 6.30. The van der Waals surface area contributed by atoms with Crippen molar-refractivity contribution in [3.8, 4) is 5.75 Å². The van der Waals surface area contributed by atoms with Gasteiger partial charge in [0.25, 0.3) is 5.91 Å². The first-order valence-electron chi connectivity index (χ1n) is 8.67. The van der Waals surface area contributed by atoms with Crippen LogP contribution in [0.1, 0.15) is 28.6 Å². The van der Waals surface area contributed by atoms with Crippen LogP contribution in [0.2, 0.25) is 5.02 Å². The summed E-state index contributed by atoms with van der Waals surface area (Å²) in [6.07, 6.45) is 3.55. The fraction of sp³-hybridized carbons (Fsp3) is 0.238. The number of carbonyl (C=O) groups excluding carboxylic acids is 1. The van der Waals surface area contributed by atoms with Gasteiger partial charge in [0.2, 0.25) is 0 Å². The minimum Gasteiger partial charge on any atom is -0.483 e. The summed E-state index contributed by atoms with van der Waals surface area (Å²) in [5, 5.41) is 3.65. The van der Waals surface area contributed by atoms with Crippen LogP contribution in [-0.4, -0.2) is 22.1 Å². The molecule has 1 atom stereocenters. The van der Waals surface area contributed by atoms with E-state index in [1.165, 1.54) is 0 Å². The van der Waals surface area contributed by atoms with Gasteiger partial charge in [0, 0.05) is 24.5 Å². The molecule has 3 rings (SSSR count). The second-order valence-corrected chi connectivity index (χ2v) is 6.87. The molecule has 0 saturated heterocycles. The highest BCUT2D eigenvalue weighted by Gasteiger charge is 2.21. The van der Waals surface area contributed by atoms with Crippen LogP contribution in [0.4, 0.5) is 0 Å². The number of amides is 1. The Morgan fingerprint density at radius 2 is 1.96 bits per heavy atom. The van der Waals surface area contributed by atoms with Crippen molar-refractivity contribution in [1.82, 2.24) is 14.9 Å². The Bertz CT molecular complexity index is 935. The first kappa shape index (κ1) is 19.0. The maximum absolute atomic E-state index is 12.6. The Labute approximate surface area is 164 Å². The van der Waals surface area contributed by atoms with Crippen LogP contribution in [0, 0.1) is 13.8 Å². The van der Waals surface area contributed by atoms with Gasteiger partial charge in [-0.2, -0.15) is 0 Å². The predicted octanol–water partition coefficient (Wildman–Crippen LogP) is 3.97. The van der Waals surface area contributed by atoms with Crippen molar-refractivity contribution < 1.29 is 9.53 Å². The largest absolute Gasteiger partial charge is 0.483 e. The number of aromatic nitrogens is 2. The van der Waals surface area contributed by atoms with Crippen molar-refractivity contribution >= 4 is 17.5 Å². The fourth-order valence-corrected chi connectivity index (χ4v) is 2.96. The van der Waals surface area contributed by atoms with E-state index in [1.807, 2.05) is 62.0 Å². The van der Waals surface area contributed by atoms with Crippen molar-refractivity contribution in [3.63, 3.8) is 0 Å². The minimum atomic E-state index is -0.392. The normalized spacial score (nSPS) is 11.9. The number of hydrogen-bond donors (Lipinski definition) is 1. The first-order valence-corrected chi connectivity index (χ1v) is 9.04. The van der Waals surface area contributed by atoms with Crippen LogP contribution in [-0.2, 0) is 11.8 Å². The molecule has 1 aromatic heterocycles. The maximum Gasteiger partial charge on any atom is 0.258 e. The molecule has 0 radical (unpaired) electrons. The van der Waals surface area contributed by atoms with Gasteiger partial charge >= 0.3 is 0 Å². The van der Waals surface area contributed by atoms with Crippen molar-refractivity contribution in [2.75, 3.05) is 6.61 Å². The van der Waals surface area contributed by atoms with E-state index in [-0.39, 0.29) is 12.5 Å². The number of nitrogens with zero attached hydrogens (tertiary/aromatic N) is 2. The number of rotatable bonds is 6. The summed E-state index contributed by atoms with van der Waals surface area (Å²) in [5.41, 5.74) is 3.05. The zero-order valence-corrected chi connectivity index (χ0v) is 16.3. The second-order valence-electron chi connectivity index (χ2n) is 6.44. The van der Waals surface area contributed by atoms with E-state index in [9.17, 15) is 4.79 Å². The van der Waals surface area contributed by atoms with Crippen molar-refractivity contribution in [1.29, 1.82) is 0 Å².